The van der Waals surface area contributed by atoms with Crippen molar-refractivity contribution in [2.45, 2.75) is 6.42 Å². The zero-order chi connectivity index (χ0) is 9.14. The van der Waals surface area contributed by atoms with Gasteiger partial charge >= 0.3 is 0 Å². The number of phenolic OH excluding ortho intramolecular Hbond substituents is 1. The van der Waals surface area contributed by atoms with Gasteiger partial charge in [0.05, 0.1) is 4.99 Å². The molecular formula is C8H8ClNOS. The van der Waals surface area contributed by atoms with Crippen LogP contribution in [0.4, 0.5) is 0 Å². The Morgan fingerprint density at radius 1 is 1.58 bits per heavy atom. The molecule has 64 valence electrons. The quantitative estimate of drug-likeness (QED) is 0.719. The maximum Gasteiger partial charge on any atom is 0.120 e. The normalized spacial score (nSPS) is 9.75. The number of phenols is 1. The van der Waals surface area contributed by atoms with Gasteiger partial charge in [-0.2, -0.15) is 0 Å². The van der Waals surface area contributed by atoms with Crippen LogP contribution in [0.1, 0.15) is 5.56 Å². The van der Waals surface area contributed by atoms with Crippen molar-refractivity contribution in [1.82, 2.24) is 0 Å². The molecular weight excluding hydrogens is 194 g/mol. The summed E-state index contributed by atoms with van der Waals surface area (Å²) in [5, 5.41) is 9.83. The molecule has 3 N–H and O–H groups in total. The molecule has 0 aliphatic rings. The molecule has 0 aliphatic heterocycles. The molecule has 0 spiro atoms. The molecule has 0 aromatic heterocycles. The zero-order valence-electron chi connectivity index (χ0n) is 6.25. The molecule has 0 heterocycles. The van der Waals surface area contributed by atoms with E-state index in [-0.39, 0.29) is 5.75 Å². The summed E-state index contributed by atoms with van der Waals surface area (Å²) in [4.78, 5) is 0.318. The van der Waals surface area contributed by atoms with E-state index in [9.17, 15) is 5.11 Å². The first-order valence-electron chi connectivity index (χ1n) is 3.36. The van der Waals surface area contributed by atoms with Crippen molar-refractivity contribution >= 4 is 28.8 Å². The van der Waals surface area contributed by atoms with Crippen LogP contribution in [0.3, 0.4) is 0 Å². The summed E-state index contributed by atoms with van der Waals surface area (Å²) < 4.78 is 0. The summed E-state index contributed by atoms with van der Waals surface area (Å²) in [5.74, 6) is 0.135. The lowest BCUT2D eigenvalue weighted by Gasteiger charge is -2.04. The first-order valence-corrected chi connectivity index (χ1v) is 4.14. The highest BCUT2D eigenvalue weighted by atomic mass is 35.5. The summed E-state index contributed by atoms with van der Waals surface area (Å²) >= 11 is 10.5. The summed E-state index contributed by atoms with van der Waals surface area (Å²) in [5.41, 5.74) is 5.91. The van der Waals surface area contributed by atoms with E-state index < -0.39 is 0 Å². The van der Waals surface area contributed by atoms with Gasteiger partial charge in [-0.05, 0) is 12.1 Å². The minimum absolute atomic E-state index is 0.135. The van der Waals surface area contributed by atoms with Crippen LogP contribution in [0.15, 0.2) is 18.2 Å². The van der Waals surface area contributed by atoms with Crippen LogP contribution in [0.2, 0.25) is 5.02 Å². The van der Waals surface area contributed by atoms with Gasteiger partial charge < -0.3 is 10.8 Å². The maximum atomic E-state index is 9.34. The van der Waals surface area contributed by atoms with E-state index in [1.54, 1.807) is 18.2 Å². The van der Waals surface area contributed by atoms with E-state index in [1.807, 2.05) is 0 Å². The lowest BCUT2D eigenvalue weighted by Crippen LogP contribution is -2.11. The number of aromatic hydroxyl groups is 1. The van der Waals surface area contributed by atoms with Gasteiger partial charge in [0, 0.05) is 17.0 Å². The van der Waals surface area contributed by atoms with Gasteiger partial charge in [0.15, 0.2) is 0 Å². The molecule has 4 heteroatoms. The van der Waals surface area contributed by atoms with Gasteiger partial charge in [-0.25, -0.2) is 0 Å². The Hall–Kier alpha value is -0.800. The fourth-order valence-corrected chi connectivity index (χ4v) is 1.28. The molecule has 0 unspecified atom stereocenters. The summed E-state index contributed by atoms with van der Waals surface area (Å²) in [6.45, 7) is 0. The second-order valence-electron chi connectivity index (χ2n) is 2.38. The van der Waals surface area contributed by atoms with Crippen molar-refractivity contribution < 1.29 is 5.11 Å². The van der Waals surface area contributed by atoms with Crippen molar-refractivity contribution in [3.05, 3.63) is 28.8 Å². The summed E-state index contributed by atoms with van der Waals surface area (Å²) in [6.07, 6.45) is 0.334. The van der Waals surface area contributed by atoms with Crippen LogP contribution in [0.25, 0.3) is 0 Å². The van der Waals surface area contributed by atoms with E-state index in [2.05, 4.69) is 0 Å². The SMILES string of the molecule is NC(=S)Cc1c(O)cccc1Cl. The second kappa shape index (κ2) is 3.74. The Morgan fingerprint density at radius 3 is 2.75 bits per heavy atom. The minimum Gasteiger partial charge on any atom is -0.508 e. The molecule has 0 radical (unpaired) electrons. The third-order valence-corrected chi connectivity index (χ3v) is 1.94. The van der Waals surface area contributed by atoms with E-state index in [0.29, 0.717) is 22.0 Å². The second-order valence-corrected chi connectivity index (χ2v) is 3.31. The van der Waals surface area contributed by atoms with E-state index in [1.165, 1.54) is 0 Å². The van der Waals surface area contributed by atoms with Gasteiger partial charge in [0.25, 0.3) is 0 Å². The third kappa shape index (κ3) is 2.09. The highest BCUT2D eigenvalue weighted by molar-refractivity contribution is 7.80. The first-order chi connectivity index (χ1) is 5.61. The van der Waals surface area contributed by atoms with Crippen molar-refractivity contribution in [2.24, 2.45) is 5.73 Å². The Morgan fingerprint density at radius 2 is 2.25 bits per heavy atom. The summed E-state index contributed by atoms with van der Waals surface area (Å²) in [6, 6.07) is 4.91. The van der Waals surface area contributed by atoms with Crippen molar-refractivity contribution in [3.63, 3.8) is 0 Å². The van der Waals surface area contributed by atoms with E-state index >= 15 is 0 Å². The Bertz CT molecular complexity index is 294. The van der Waals surface area contributed by atoms with Gasteiger partial charge in [0.2, 0.25) is 0 Å². The lowest BCUT2D eigenvalue weighted by molar-refractivity contribution is 0.470. The van der Waals surface area contributed by atoms with Crippen LogP contribution >= 0.6 is 23.8 Å². The summed E-state index contributed by atoms with van der Waals surface area (Å²) in [7, 11) is 0. The van der Waals surface area contributed by atoms with Crippen LogP contribution in [-0.2, 0) is 6.42 Å². The highest BCUT2D eigenvalue weighted by Gasteiger charge is 2.06. The molecule has 1 aromatic carbocycles. The topological polar surface area (TPSA) is 46.2 Å². The van der Waals surface area contributed by atoms with Crippen molar-refractivity contribution in [2.75, 3.05) is 0 Å². The van der Waals surface area contributed by atoms with Crippen LogP contribution < -0.4 is 5.73 Å². The van der Waals surface area contributed by atoms with Crippen LogP contribution in [0, 0.1) is 0 Å². The minimum atomic E-state index is 0.135. The van der Waals surface area contributed by atoms with Gasteiger partial charge in [-0.1, -0.05) is 29.9 Å². The average molecular weight is 202 g/mol. The van der Waals surface area contributed by atoms with Crippen molar-refractivity contribution in [3.8, 4) is 5.75 Å². The number of halogens is 1. The average Bonchev–Trinajstić information content (AvgIpc) is 1.97. The van der Waals surface area contributed by atoms with Gasteiger partial charge in [-0.15, -0.1) is 0 Å². The lowest BCUT2D eigenvalue weighted by atomic mass is 10.1. The molecule has 0 atom stereocenters. The molecule has 0 amide bonds. The fraction of sp³-hybridized carbons (Fsp3) is 0.125. The predicted octanol–water partition coefficient (Wildman–Crippen LogP) is 1.87. The number of thiocarbonyl (C=S) groups is 1. The number of rotatable bonds is 2. The highest BCUT2D eigenvalue weighted by Crippen LogP contribution is 2.25. The molecule has 0 aliphatic carbocycles. The molecule has 0 fully saturated rings. The molecule has 0 saturated carbocycles. The third-order valence-electron chi connectivity index (χ3n) is 1.45. The number of benzene rings is 1. The van der Waals surface area contributed by atoms with Crippen LogP contribution in [-0.4, -0.2) is 10.1 Å². The zero-order valence-corrected chi connectivity index (χ0v) is 7.82. The van der Waals surface area contributed by atoms with Gasteiger partial charge in [-0.3, -0.25) is 0 Å². The molecule has 1 rings (SSSR count). The first kappa shape index (κ1) is 9.29. The number of hydrogen-bond acceptors (Lipinski definition) is 2. The van der Waals surface area contributed by atoms with Crippen LogP contribution in [0.5, 0.6) is 5.75 Å². The Balaban J connectivity index is 3.04. The number of nitrogens with two attached hydrogens (primary N) is 1. The smallest absolute Gasteiger partial charge is 0.120 e. The van der Waals surface area contributed by atoms with Crippen molar-refractivity contribution in [1.29, 1.82) is 0 Å². The Labute approximate surface area is 81.0 Å². The molecule has 2 nitrogen and oxygen atoms in total. The maximum absolute atomic E-state index is 9.34. The molecule has 0 saturated heterocycles. The largest absolute Gasteiger partial charge is 0.508 e. The monoisotopic (exact) mass is 201 g/mol. The van der Waals surface area contributed by atoms with Gasteiger partial charge in [0.1, 0.15) is 5.75 Å². The number of hydrogen-bond donors (Lipinski definition) is 2. The van der Waals surface area contributed by atoms with E-state index in [4.69, 9.17) is 29.6 Å². The predicted molar refractivity (Wildman–Crippen MR) is 53.6 cm³/mol. The standard InChI is InChI=1S/C8H8ClNOS/c9-6-2-1-3-7(11)5(6)4-8(10)12/h1-3,11H,4H2,(H2,10,12). The fourth-order valence-electron chi connectivity index (χ4n) is 0.897. The van der Waals surface area contributed by atoms with E-state index in [0.717, 1.165) is 0 Å². The Kier molecular flexibility index (Phi) is 2.89. The molecule has 1 aromatic rings. The molecule has 12 heavy (non-hydrogen) atoms. The molecule has 0 bridgehead atoms.